The van der Waals surface area contributed by atoms with Crippen LogP contribution in [0.4, 0.5) is 5.00 Å². The number of hydrogen-bond donors (Lipinski definition) is 2. The second-order valence-corrected chi connectivity index (χ2v) is 8.69. The number of fused-ring (bicyclic) bond motifs is 1. The number of nitrogens with one attached hydrogen (secondary N) is 1. The van der Waals surface area contributed by atoms with Gasteiger partial charge in [0, 0.05) is 30.7 Å². The number of likely N-dealkylation sites (tertiary alicyclic amines) is 1. The number of hydrogen-bond acceptors (Lipinski definition) is 7. The second-order valence-electron chi connectivity index (χ2n) is 7.75. The fraction of sp³-hybridized carbons (Fsp3) is 0.391. The number of ether oxygens (including phenoxy) is 1. The molecule has 1 fully saturated rings. The van der Waals surface area contributed by atoms with E-state index in [0.717, 1.165) is 72.7 Å². The van der Waals surface area contributed by atoms with Crippen molar-refractivity contribution in [2.24, 2.45) is 0 Å². The van der Waals surface area contributed by atoms with Gasteiger partial charge >= 0.3 is 0 Å². The highest BCUT2D eigenvalue weighted by molar-refractivity contribution is 7.14. The molecule has 3 N–H and O–H groups in total. The lowest BCUT2D eigenvalue weighted by Gasteiger charge is -2.32. The smallest absolute Gasteiger partial charge is 0.119 e. The van der Waals surface area contributed by atoms with Gasteiger partial charge in [-0.1, -0.05) is 0 Å². The van der Waals surface area contributed by atoms with Crippen molar-refractivity contribution in [1.29, 1.82) is 5.26 Å². The molecule has 7 heteroatoms. The number of nitrogens with two attached hydrogens (primary N) is 1. The van der Waals surface area contributed by atoms with Crippen molar-refractivity contribution in [3.8, 4) is 11.8 Å². The number of pyridine rings is 1. The largest absolute Gasteiger partial charge is 0.497 e. The molecule has 1 aromatic carbocycles. The van der Waals surface area contributed by atoms with E-state index in [1.165, 1.54) is 5.56 Å². The number of piperidine rings is 1. The highest BCUT2D eigenvalue weighted by Crippen LogP contribution is 2.26. The summed E-state index contributed by atoms with van der Waals surface area (Å²) in [5.74, 6) is 0.792. The average molecular weight is 422 g/mol. The molecule has 0 saturated carbocycles. The van der Waals surface area contributed by atoms with Gasteiger partial charge in [-0.15, -0.1) is 11.3 Å². The van der Waals surface area contributed by atoms with Gasteiger partial charge in [-0.3, -0.25) is 4.98 Å². The number of aromatic nitrogens is 1. The molecule has 0 amide bonds. The van der Waals surface area contributed by atoms with Crippen LogP contribution in [0.25, 0.3) is 10.9 Å². The van der Waals surface area contributed by atoms with Crippen LogP contribution in [0.1, 0.15) is 29.5 Å². The average Bonchev–Trinajstić information content (AvgIpc) is 3.21. The van der Waals surface area contributed by atoms with Gasteiger partial charge in [0.2, 0.25) is 0 Å². The summed E-state index contributed by atoms with van der Waals surface area (Å²) < 4.78 is 5.38. The first kappa shape index (κ1) is 20.6. The van der Waals surface area contributed by atoms with E-state index in [1.807, 2.05) is 24.3 Å². The summed E-state index contributed by atoms with van der Waals surface area (Å²) >= 11 is 1.60. The Kier molecular flexibility index (Phi) is 6.48. The first-order valence-electron chi connectivity index (χ1n) is 10.3. The molecule has 0 unspecified atom stereocenters. The SMILES string of the molecule is COc1ccc2ncc(C#N)c(CCN3CCC(NCc4csc(N)c4)CC3)c2c1. The standard InChI is InChI=1S/C23H27N5OS/c1-29-19-2-3-22-21(11-19)20(17(12-24)14-27-22)6-9-28-7-4-18(5-8-28)26-13-16-10-23(25)30-15-16/h2-3,10-11,14-15,18,26H,4-9,13,25H2,1H3. The van der Waals surface area contributed by atoms with Crippen molar-refractivity contribution in [3.63, 3.8) is 0 Å². The summed E-state index contributed by atoms with van der Waals surface area (Å²) in [6, 6.07) is 10.8. The Bertz CT molecular complexity index is 1050. The number of nitriles is 1. The fourth-order valence-corrected chi connectivity index (χ4v) is 4.76. The number of benzene rings is 1. The predicted molar refractivity (Wildman–Crippen MR) is 122 cm³/mol. The number of nitrogen functional groups attached to an aromatic ring is 1. The molecule has 6 nitrogen and oxygen atoms in total. The molecule has 0 atom stereocenters. The summed E-state index contributed by atoms with van der Waals surface area (Å²) in [7, 11) is 1.66. The van der Waals surface area contributed by atoms with Crippen LogP contribution in [0.2, 0.25) is 0 Å². The third kappa shape index (κ3) is 4.73. The Labute approximate surface area is 181 Å². The maximum absolute atomic E-state index is 9.58. The van der Waals surface area contributed by atoms with E-state index >= 15 is 0 Å². The topological polar surface area (TPSA) is 87.2 Å². The van der Waals surface area contributed by atoms with E-state index in [4.69, 9.17) is 10.5 Å². The van der Waals surface area contributed by atoms with Crippen molar-refractivity contribution < 1.29 is 4.74 Å². The summed E-state index contributed by atoms with van der Waals surface area (Å²) in [5.41, 5.74) is 9.70. The molecule has 0 bridgehead atoms. The first-order chi connectivity index (χ1) is 14.7. The van der Waals surface area contributed by atoms with Crippen LogP contribution in [0.3, 0.4) is 0 Å². The monoisotopic (exact) mass is 421 g/mol. The highest BCUT2D eigenvalue weighted by Gasteiger charge is 2.19. The molecular weight excluding hydrogens is 394 g/mol. The zero-order chi connectivity index (χ0) is 20.9. The molecule has 2 aromatic heterocycles. The molecule has 30 heavy (non-hydrogen) atoms. The molecule has 0 radical (unpaired) electrons. The van der Waals surface area contributed by atoms with Crippen LogP contribution in [0.15, 0.2) is 35.8 Å². The molecule has 0 aliphatic carbocycles. The summed E-state index contributed by atoms with van der Waals surface area (Å²) in [6.07, 6.45) is 4.80. The van der Waals surface area contributed by atoms with E-state index in [1.54, 1.807) is 24.6 Å². The Morgan fingerprint density at radius 2 is 2.17 bits per heavy atom. The molecular formula is C23H27N5OS. The van der Waals surface area contributed by atoms with Crippen molar-refractivity contribution in [2.45, 2.75) is 31.8 Å². The maximum Gasteiger partial charge on any atom is 0.119 e. The van der Waals surface area contributed by atoms with Gasteiger partial charge in [0.25, 0.3) is 0 Å². The van der Waals surface area contributed by atoms with Crippen LogP contribution in [-0.4, -0.2) is 42.7 Å². The first-order valence-corrected chi connectivity index (χ1v) is 11.2. The van der Waals surface area contributed by atoms with Gasteiger partial charge < -0.3 is 20.7 Å². The number of methoxy groups -OCH3 is 1. The minimum Gasteiger partial charge on any atom is -0.497 e. The zero-order valence-corrected chi connectivity index (χ0v) is 18.0. The van der Waals surface area contributed by atoms with Crippen LogP contribution in [-0.2, 0) is 13.0 Å². The van der Waals surface area contributed by atoms with Gasteiger partial charge in [-0.2, -0.15) is 5.26 Å². The Morgan fingerprint density at radius 1 is 1.33 bits per heavy atom. The van der Waals surface area contributed by atoms with Gasteiger partial charge in [0.1, 0.15) is 11.8 Å². The molecule has 156 valence electrons. The number of rotatable bonds is 7. The molecule has 3 aromatic rings. The van der Waals surface area contributed by atoms with Crippen LogP contribution in [0, 0.1) is 11.3 Å². The summed E-state index contributed by atoms with van der Waals surface area (Å²) in [4.78, 5) is 6.93. The zero-order valence-electron chi connectivity index (χ0n) is 17.2. The van der Waals surface area contributed by atoms with Crippen molar-refractivity contribution in [2.75, 3.05) is 32.5 Å². The highest BCUT2D eigenvalue weighted by atomic mass is 32.1. The van der Waals surface area contributed by atoms with Gasteiger partial charge in [0.05, 0.1) is 23.2 Å². The van der Waals surface area contributed by atoms with Gasteiger partial charge in [0.15, 0.2) is 0 Å². The van der Waals surface area contributed by atoms with E-state index < -0.39 is 0 Å². The molecule has 1 aliphatic rings. The van der Waals surface area contributed by atoms with Crippen LogP contribution in [0.5, 0.6) is 5.75 Å². The van der Waals surface area contributed by atoms with Crippen molar-refractivity contribution >= 4 is 27.2 Å². The van der Waals surface area contributed by atoms with E-state index in [0.29, 0.717) is 11.6 Å². The van der Waals surface area contributed by atoms with E-state index in [9.17, 15) is 5.26 Å². The minimum atomic E-state index is 0.545. The Hall–Kier alpha value is -2.66. The number of thiophene rings is 1. The lowest BCUT2D eigenvalue weighted by atomic mass is 9.99. The maximum atomic E-state index is 9.58. The summed E-state index contributed by atoms with van der Waals surface area (Å²) in [5, 5.41) is 17.3. The Balaban J connectivity index is 1.35. The fourth-order valence-electron chi connectivity index (χ4n) is 4.10. The number of nitrogens with zero attached hydrogens (tertiary/aromatic N) is 3. The molecule has 1 aliphatic heterocycles. The molecule has 0 spiro atoms. The van der Waals surface area contributed by atoms with E-state index in [-0.39, 0.29) is 0 Å². The van der Waals surface area contributed by atoms with Crippen molar-refractivity contribution in [1.82, 2.24) is 15.2 Å². The molecule has 3 heterocycles. The van der Waals surface area contributed by atoms with Gasteiger partial charge in [-0.05, 0) is 73.1 Å². The van der Waals surface area contributed by atoms with Crippen molar-refractivity contribution in [3.05, 3.63) is 52.5 Å². The van der Waals surface area contributed by atoms with Crippen LogP contribution < -0.4 is 15.8 Å². The molecule has 1 saturated heterocycles. The molecule has 4 rings (SSSR count). The predicted octanol–water partition coefficient (Wildman–Crippen LogP) is 3.56. The quantitative estimate of drug-likeness (QED) is 0.607. The second kappa shape index (κ2) is 9.43. The van der Waals surface area contributed by atoms with E-state index in [2.05, 4.69) is 26.6 Å². The third-order valence-electron chi connectivity index (χ3n) is 5.84. The van der Waals surface area contributed by atoms with Crippen LogP contribution >= 0.6 is 11.3 Å². The van der Waals surface area contributed by atoms with Gasteiger partial charge in [-0.25, -0.2) is 0 Å². The lowest BCUT2D eigenvalue weighted by Crippen LogP contribution is -2.42. The third-order valence-corrected chi connectivity index (χ3v) is 6.65. The minimum absolute atomic E-state index is 0.545. The normalized spacial score (nSPS) is 15.3. The lowest BCUT2D eigenvalue weighted by molar-refractivity contribution is 0.199. The summed E-state index contributed by atoms with van der Waals surface area (Å²) in [6.45, 7) is 3.96. The Morgan fingerprint density at radius 3 is 2.87 bits per heavy atom. The number of anilines is 1.